The van der Waals surface area contributed by atoms with Gasteiger partial charge < -0.3 is 5.32 Å². The van der Waals surface area contributed by atoms with Gasteiger partial charge in [0.05, 0.1) is 0 Å². The van der Waals surface area contributed by atoms with Crippen LogP contribution in [0.5, 0.6) is 0 Å². The molecule has 0 aromatic carbocycles. The van der Waals surface area contributed by atoms with Crippen molar-refractivity contribution in [2.75, 3.05) is 6.54 Å². The Bertz CT molecular complexity index is 167. The predicted octanol–water partition coefficient (Wildman–Crippen LogP) is 1.38. The molecule has 0 bridgehead atoms. The normalized spacial score (nSPS) is 29.4. The summed E-state index contributed by atoms with van der Waals surface area (Å²) in [5, 5.41) is 2.92. The highest BCUT2D eigenvalue weighted by atomic mass is 33.2. The Morgan fingerprint density at radius 3 is 2.90 bits per heavy atom. The largest absolute Gasteiger partial charge is 0.354 e. The molecule has 1 spiro atoms. The molecule has 2 fully saturated rings. The number of nitrogens with one attached hydrogen (secondary N) is 1. The maximum atomic E-state index is 11.2. The second kappa shape index (κ2) is 2.34. The van der Waals surface area contributed by atoms with Gasteiger partial charge in [-0.1, -0.05) is 21.6 Å². The topological polar surface area (TPSA) is 29.1 Å². The second-order valence-electron chi connectivity index (χ2n) is 2.63. The lowest BCUT2D eigenvalue weighted by Gasteiger charge is -2.03. The molecule has 0 atom stereocenters. The minimum Gasteiger partial charge on any atom is -0.354 e. The standard InChI is InChI=1S/C6H9NOS2/c8-5-6(9-10-6)3-1-2-4-7-5/h1-4H2,(H,7,8). The van der Waals surface area contributed by atoms with Gasteiger partial charge in [0.15, 0.2) is 4.08 Å². The molecule has 0 aromatic rings. The molecule has 2 rings (SSSR count). The van der Waals surface area contributed by atoms with Crippen molar-refractivity contribution in [1.82, 2.24) is 5.32 Å². The first-order valence-corrected chi connectivity index (χ1v) is 5.64. The summed E-state index contributed by atoms with van der Waals surface area (Å²) in [7, 11) is 3.44. The van der Waals surface area contributed by atoms with Crippen LogP contribution in [0.15, 0.2) is 0 Å². The first-order valence-electron chi connectivity index (χ1n) is 3.49. The van der Waals surface area contributed by atoms with E-state index in [-0.39, 0.29) is 9.99 Å². The molecular formula is C6H9NOS2. The molecule has 56 valence electrons. The van der Waals surface area contributed by atoms with Crippen molar-refractivity contribution in [3.05, 3.63) is 0 Å². The average Bonchev–Trinajstić information content (AvgIpc) is 2.69. The second-order valence-corrected chi connectivity index (χ2v) is 5.62. The average molecular weight is 175 g/mol. The first-order chi connectivity index (χ1) is 4.83. The van der Waals surface area contributed by atoms with Crippen LogP contribution in [0.1, 0.15) is 19.3 Å². The van der Waals surface area contributed by atoms with Gasteiger partial charge in [-0.2, -0.15) is 0 Å². The summed E-state index contributed by atoms with van der Waals surface area (Å²) in [6.07, 6.45) is 3.40. The molecule has 2 aliphatic heterocycles. The Balaban J connectivity index is 2.09. The van der Waals surface area contributed by atoms with Crippen molar-refractivity contribution in [3.63, 3.8) is 0 Å². The molecular weight excluding hydrogens is 166 g/mol. The highest BCUT2D eigenvalue weighted by Gasteiger charge is 2.53. The molecule has 0 radical (unpaired) electrons. The third kappa shape index (κ3) is 1.03. The van der Waals surface area contributed by atoms with E-state index >= 15 is 0 Å². The number of carbonyl (C=O) groups is 1. The smallest absolute Gasteiger partial charge is 0.248 e. The molecule has 2 heterocycles. The van der Waals surface area contributed by atoms with E-state index in [1.807, 2.05) is 0 Å². The van der Waals surface area contributed by atoms with Gasteiger partial charge in [-0.3, -0.25) is 4.79 Å². The van der Waals surface area contributed by atoms with E-state index in [2.05, 4.69) is 5.32 Å². The Morgan fingerprint density at radius 1 is 1.40 bits per heavy atom. The van der Waals surface area contributed by atoms with E-state index in [0.717, 1.165) is 19.4 Å². The Morgan fingerprint density at radius 2 is 2.20 bits per heavy atom. The van der Waals surface area contributed by atoms with Crippen LogP contribution in [0, 0.1) is 0 Å². The summed E-state index contributed by atoms with van der Waals surface area (Å²) in [5.74, 6) is 0.250. The molecule has 0 saturated carbocycles. The minimum atomic E-state index is -0.0451. The fourth-order valence-electron chi connectivity index (χ4n) is 1.14. The molecule has 1 N–H and O–H groups in total. The molecule has 10 heavy (non-hydrogen) atoms. The molecule has 0 aromatic heterocycles. The maximum absolute atomic E-state index is 11.2. The zero-order valence-corrected chi connectivity index (χ0v) is 7.19. The number of carbonyl (C=O) groups excluding carboxylic acids is 1. The van der Waals surface area contributed by atoms with E-state index in [1.54, 1.807) is 21.6 Å². The van der Waals surface area contributed by atoms with Crippen molar-refractivity contribution in [2.45, 2.75) is 23.3 Å². The maximum Gasteiger partial charge on any atom is 0.248 e. The van der Waals surface area contributed by atoms with Crippen molar-refractivity contribution in [3.8, 4) is 0 Å². The van der Waals surface area contributed by atoms with E-state index in [0.29, 0.717) is 0 Å². The lowest BCUT2D eigenvalue weighted by atomic mass is 10.2. The van der Waals surface area contributed by atoms with Crippen LogP contribution in [0.3, 0.4) is 0 Å². The van der Waals surface area contributed by atoms with Crippen LogP contribution in [0.25, 0.3) is 0 Å². The Kier molecular flexibility index (Phi) is 1.60. The molecule has 0 unspecified atom stereocenters. The van der Waals surface area contributed by atoms with E-state index in [4.69, 9.17) is 0 Å². The third-order valence-corrected chi connectivity index (χ3v) is 4.90. The van der Waals surface area contributed by atoms with E-state index in [9.17, 15) is 4.79 Å². The summed E-state index contributed by atoms with van der Waals surface area (Å²) in [6, 6.07) is 0. The van der Waals surface area contributed by atoms with Crippen molar-refractivity contribution in [1.29, 1.82) is 0 Å². The molecule has 4 heteroatoms. The summed E-state index contributed by atoms with van der Waals surface area (Å²) in [4.78, 5) is 11.2. The van der Waals surface area contributed by atoms with Crippen LogP contribution in [-0.2, 0) is 4.79 Å². The van der Waals surface area contributed by atoms with Gasteiger partial charge in [-0.15, -0.1) is 0 Å². The van der Waals surface area contributed by atoms with Gasteiger partial charge in [-0.25, -0.2) is 0 Å². The van der Waals surface area contributed by atoms with Gasteiger partial charge in [0, 0.05) is 6.54 Å². The minimum absolute atomic E-state index is 0.0451. The number of hydrogen-bond donors (Lipinski definition) is 1. The zero-order chi connectivity index (χ0) is 7.03. The van der Waals surface area contributed by atoms with Crippen LogP contribution in [-0.4, -0.2) is 16.5 Å². The number of rotatable bonds is 0. The van der Waals surface area contributed by atoms with Crippen LogP contribution >= 0.6 is 21.6 Å². The quantitative estimate of drug-likeness (QED) is 0.445. The first kappa shape index (κ1) is 6.85. The third-order valence-electron chi connectivity index (χ3n) is 1.85. The predicted molar refractivity (Wildman–Crippen MR) is 44.8 cm³/mol. The van der Waals surface area contributed by atoms with Crippen LogP contribution in [0.2, 0.25) is 0 Å². The van der Waals surface area contributed by atoms with Gasteiger partial charge in [0.2, 0.25) is 5.91 Å². The Labute approximate surface area is 67.9 Å². The highest BCUT2D eigenvalue weighted by Crippen LogP contribution is 2.67. The fraction of sp³-hybridized carbons (Fsp3) is 0.833. The van der Waals surface area contributed by atoms with Crippen molar-refractivity contribution < 1.29 is 4.79 Å². The van der Waals surface area contributed by atoms with Crippen LogP contribution < -0.4 is 5.32 Å². The van der Waals surface area contributed by atoms with Crippen molar-refractivity contribution >= 4 is 27.5 Å². The molecule has 2 aliphatic rings. The lowest BCUT2D eigenvalue weighted by Crippen LogP contribution is -2.32. The fourth-order valence-corrected chi connectivity index (χ4v) is 3.25. The highest BCUT2D eigenvalue weighted by molar-refractivity contribution is 8.94. The molecule has 1 amide bonds. The summed E-state index contributed by atoms with van der Waals surface area (Å²) in [5.41, 5.74) is 0. The van der Waals surface area contributed by atoms with Gasteiger partial charge >= 0.3 is 0 Å². The molecule has 2 saturated heterocycles. The SMILES string of the molecule is O=C1NCCCCC12SS2. The monoisotopic (exact) mass is 175 g/mol. The van der Waals surface area contributed by atoms with Gasteiger partial charge in [0.1, 0.15) is 0 Å². The molecule has 2 nitrogen and oxygen atoms in total. The van der Waals surface area contributed by atoms with Crippen molar-refractivity contribution in [2.24, 2.45) is 0 Å². The number of amides is 1. The lowest BCUT2D eigenvalue weighted by molar-refractivity contribution is -0.120. The molecule has 0 aliphatic carbocycles. The zero-order valence-electron chi connectivity index (χ0n) is 5.55. The summed E-state index contributed by atoms with van der Waals surface area (Å²) in [6.45, 7) is 0.877. The van der Waals surface area contributed by atoms with Gasteiger partial charge in [0.25, 0.3) is 0 Å². The van der Waals surface area contributed by atoms with E-state index in [1.165, 1.54) is 6.42 Å². The van der Waals surface area contributed by atoms with Crippen LogP contribution in [0.4, 0.5) is 0 Å². The number of hydrogen-bond acceptors (Lipinski definition) is 3. The summed E-state index contributed by atoms with van der Waals surface area (Å²) < 4.78 is -0.0451. The Hall–Kier alpha value is 0.170. The summed E-state index contributed by atoms with van der Waals surface area (Å²) >= 11 is 0. The van der Waals surface area contributed by atoms with E-state index < -0.39 is 0 Å². The van der Waals surface area contributed by atoms with Gasteiger partial charge in [-0.05, 0) is 19.3 Å².